The van der Waals surface area contributed by atoms with Gasteiger partial charge in [0.15, 0.2) is 0 Å². The normalized spacial score (nSPS) is 10.4. The first-order valence-corrected chi connectivity index (χ1v) is 5.33. The summed E-state index contributed by atoms with van der Waals surface area (Å²) in [6.45, 7) is 4.08. The van der Waals surface area contributed by atoms with Crippen molar-refractivity contribution < 1.29 is 5.11 Å². The molecule has 0 amide bonds. The van der Waals surface area contributed by atoms with Crippen molar-refractivity contribution >= 4 is 0 Å². The zero-order valence-electron chi connectivity index (χ0n) is 9.57. The van der Waals surface area contributed by atoms with Gasteiger partial charge in [-0.2, -0.15) is 0 Å². The minimum Gasteiger partial charge on any atom is -0.392 e. The van der Waals surface area contributed by atoms with Gasteiger partial charge in [-0.15, -0.1) is 0 Å². The highest BCUT2D eigenvalue weighted by Gasteiger charge is 2.01. The quantitative estimate of drug-likeness (QED) is 0.832. The van der Waals surface area contributed by atoms with Crippen LogP contribution in [0.3, 0.4) is 0 Å². The molecule has 0 fully saturated rings. The largest absolute Gasteiger partial charge is 0.392 e. The van der Waals surface area contributed by atoms with Gasteiger partial charge in [-0.05, 0) is 37.1 Å². The average molecular weight is 213 g/mol. The fourth-order valence-corrected chi connectivity index (χ4v) is 1.76. The number of benzene rings is 1. The summed E-state index contributed by atoms with van der Waals surface area (Å²) in [5, 5.41) is 9.16. The molecule has 0 saturated heterocycles. The predicted octanol–water partition coefficient (Wildman–Crippen LogP) is 2.86. The summed E-state index contributed by atoms with van der Waals surface area (Å²) in [5.74, 6) is 0. The number of rotatable bonds is 2. The van der Waals surface area contributed by atoms with E-state index in [0.29, 0.717) is 0 Å². The minimum absolute atomic E-state index is 0.0774. The number of hydrogen-bond acceptors (Lipinski definition) is 2. The molecule has 1 aromatic carbocycles. The Morgan fingerprint density at radius 1 is 1.06 bits per heavy atom. The number of aliphatic hydroxyl groups is 1. The first-order valence-electron chi connectivity index (χ1n) is 5.33. The monoisotopic (exact) mass is 213 g/mol. The maximum absolute atomic E-state index is 9.16. The van der Waals surface area contributed by atoms with Crippen LogP contribution in [-0.2, 0) is 6.61 Å². The van der Waals surface area contributed by atoms with Gasteiger partial charge in [0, 0.05) is 17.5 Å². The molecule has 16 heavy (non-hydrogen) atoms. The Morgan fingerprint density at radius 2 is 1.88 bits per heavy atom. The number of aliphatic hydroxyl groups excluding tert-OH is 1. The lowest BCUT2D eigenvalue weighted by molar-refractivity contribution is 0.282. The number of aromatic nitrogens is 1. The van der Waals surface area contributed by atoms with Gasteiger partial charge in [-0.25, -0.2) is 0 Å². The highest BCUT2D eigenvalue weighted by molar-refractivity contribution is 5.64. The molecule has 0 spiro atoms. The molecule has 0 bridgehead atoms. The summed E-state index contributed by atoms with van der Waals surface area (Å²) in [6.07, 6.45) is 1.87. The summed E-state index contributed by atoms with van der Waals surface area (Å²) in [6, 6.07) is 10.1. The van der Waals surface area contributed by atoms with E-state index in [-0.39, 0.29) is 6.61 Å². The van der Waals surface area contributed by atoms with Gasteiger partial charge in [0.1, 0.15) is 0 Å². The number of nitrogens with zero attached hydrogens (tertiary/aromatic N) is 1. The van der Waals surface area contributed by atoms with Gasteiger partial charge in [0.25, 0.3) is 0 Å². The van der Waals surface area contributed by atoms with Crippen molar-refractivity contribution in [2.24, 2.45) is 0 Å². The van der Waals surface area contributed by atoms with E-state index in [0.717, 1.165) is 27.9 Å². The second-order valence-electron chi connectivity index (χ2n) is 4.05. The van der Waals surface area contributed by atoms with Crippen LogP contribution >= 0.6 is 0 Å². The second kappa shape index (κ2) is 4.45. The van der Waals surface area contributed by atoms with Crippen LogP contribution < -0.4 is 0 Å². The Labute approximate surface area is 95.6 Å². The third-order valence-corrected chi connectivity index (χ3v) is 2.56. The third-order valence-electron chi connectivity index (χ3n) is 2.56. The van der Waals surface area contributed by atoms with E-state index in [1.165, 1.54) is 0 Å². The van der Waals surface area contributed by atoms with Crippen LogP contribution in [-0.4, -0.2) is 10.1 Å². The maximum Gasteiger partial charge on any atom is 0.0682 e. The van der Waals surface area contributed by atoms with E-state index >= 15 is 0 Å². The zero-order chi connectivity index (χ0) is 11.5. The molecule has 0 aliphatic rings. The Balaban J connectivity index is 2.47. The van der Waals surface area contributed by atoms with Crippen molar-refractivity contribution in [1.29, 1.82) is 0 Å². The maximum atomic E-state index is 9.16. The van der Waals surface area contributed by atoms with E-state index in [1.54, 1.807) is 0 Å². The van der Waals surface area contributed by atoms with Crippen LogP contribution in [0.5, 0.6) is 0 Å². The van der Waals surface area contributed by atoms with Crippen LogP contribution in [0.15, 0.2) is 36.5 Å². The summed E-state index contributed by atoms with van der Waals surface area (Å²) >= 11 is 0. The first-order chi connectivity index (χ1) is 7.69. The van der Waals surface area contributed by atoms with Crippen molar-refractivity contribution in [3.05, 3.63) is 53.3 Å². The number of hydrogen-bond donors (Lipinski definition) is 1. The number of aryl methyl sites for hydroxylation is 2. The van der Waals surface area contributed by atoms with Gasteiger partial charge in [0.2, 0.25) is 0 Å². The van der Waals surface area contributed by atoms with Crippen molar-refractivity contribution in [3.63, 3.8) is 0 Å². The molecule has 1 N–H and O–H groups in total. The Hall–Kier alpha value is -1.67. The molecule has 0 atom stereocenters. The van der Waals surface area contributed by atoms with Gasteiger partial charge in [-0.3, -0.25) is 4.98 Å². The van der Waals surface area contributed by atoms with Gasteiger partial charge >= 0.3 is 0 Å². The van der Waals surface area contributed by atoms with Crippen molar-refractivity contribution in [2.75, 3.05) is 0 Å². The van der Waals surface area contributed by atoms with Gasteiger partial charge < -0.3 is 5.11 Å². The van der Waals surface area contributed by atoms with E-state index in [2.05, 4.69) is 17.1 Å². The van der Waals surface area contributed by atoms with Crippen molar-refractivity contribution in [1.82, 2.24) is 4.98 Å². The highest BCUT2D eigenvalue weighted by Crippen LogP contribution is 2.21. The summed E-state index contributed by atoms with van der Waals surface area (Å²) < 4.78 is 0. The molecule has 82 valence electrons. The highest BCUT2D eigenvalue weighted by atomic mass is 16.3. The molecule has 2 nitrogen and oxygen atoms in total. The van der Waals surface area contributed by atoms with Gasteiger partial charge in [-0.1, -0.05) is 23.8 Å². The zero-order valence-corrected chi connectivity index (χ0v) is 9.57. The van der Waals surface area contributed by atoms with Crippen LogP contribution in [0.2, 0.25) is 0 Å². The van der Waals surface area contributed by atoms with Crippen LogP contribution in [0.1, 0.15) is 16.8 Å². The number of pyridine rings is 1. The fraction of sp³-hybridized carbons (Fsp3) is 0.214. The molecular weight excluding hydrogens is 198 g/mol. The molecule has 0 saturated carbocycles. The Morgan fingerprint density at radius 3 is 2.50 bits per heavy atom. The van der Waals surface area contributed by atoms with Crippen molar-refractivity contribution in [2.45, 2.75) is 20.5 Å². The molecule has 1 heterocycles. The van der Waals surface area contributed by atoms with Crippen molar-refractivity contribution in [3.8, 4) is 11.1 Å². The SMILES string of the molecule is Cc1cc(CO)cc(-c2ccc(C)nc2)c1. The van der Waals surface area contributed by atoms with E-state index in [9.17, 15) is 0 Å². The molecular formula is C14H15NO. The van der Waals surface area contributed by atoms with Gasteiger partial charge in [0.05, 0.1) is 6.61 Å². The first kappa shape index (κ1) is 10.8. The summed E-state index contributed by atoms with van der Waals surface area (Å²) in [7, 11) is 0. The lowest BCUT2D eigenvalue weighted by Gasteiger charge is -2.06. The Bertz CT molecular complexity index is 489. The van der Waals surface area contributed by atoms with Crippen LogP contribution in [0.4, 0.5) is 0 Å². The summed E-state index contributed by atoms with van der Waals surface area (Å²) in [5.41, 5.74) is 5.30. The molecule has 0 aliphatic carbocycles. The van der Waals surface area contributed by atoms with E-state index in [4.69, 9.17) is 5.11 Å². The van der Waals surface area contributed by atoms with Crippen LogP contribution in [0, 0.1) is 13.8 Å². The molecule has 2 aromatic rings. The molecule has 2 rings (SSSR count). The standard InChI is InChI=1S/C14H15NO/c1-10-5-12(9-16)7-14(6-10)13-4-3-11(2)15-8-13/h3-8,16H,9H2,1-2H3. The predicted molar refractivity (Wildman–Crippen MR) is 65.1 cm³/mol. The minimum atomic E-state index is 0.0774. The molecule has 1 aromatic heterocycles. The topological polar surface area (TPSA) is 33.1 Å². The van der Waals surface area contributed by atoms with E-state index in [1.807, 2.05) is 38.2 Å². The molecule has 0 radical (unpaired) electrons. The molecule has 0 unspecified atom stereocenters. The molecule has 2 heteroatoms. The average Bonchev–Trinajstić information content (AvgIpc) is 2.29. The lowest BCUT2D eigenvalue weighted by Crippen LogP contribution is -1.88. The smallest absolute Gasteiger partial charge is 0.0682 e. The van der Waals surface area contributed by atoms with Crippen LogP contribution in [0.25, 0.3) is 11.1 Å². The second-order valence-corrected chi connectivity index (χ2v) is 4.05. The van der Waals surface area contributed by atoms with E-state index < -0.39 is 0 Å². The summed E-state index contributed by atoms with van der Waals surface area (Å²) in [4.78, 5) is 4.28. The Kier molecular flexibility index (Phi) is 3.02. The molecule has 0 aliphatic heterocycles. The lowest BCUT2D eigenvalue weighted by atomic mass is 10.0. The third kappa shape index (κ3) is 2.28. The fourth-order valence-electron chi connectivity index (χ4n) is 1.76.